The van der Waals surface area contributed by atoms with Gasteiger partial charge in [-0.1, -0.05) is 0 Å². The number of aromatic nitrogens is 4. The first kappa shape index (κ1) is 11.3. The minimum atomic E-state index is 0.644. The van der Waals surface area contributed by atoms with Crippen LogP contribution in [-0.4, -0.2) is 25.8 Å². The van der Waals surface area contributed by atoms with Crippen molar-refractivity contribution in [3.63, 3.8) is 0 Å². The molecule has 94 valence electrons. The van der Waals surface area contributed by atoms with E-state index in [1.165, 1.54) is 18.4 Å². The van der Waals surface area contributed by atoms with E-state index in [0.717, 1.165) is 17.9 Å². The fourth-order valence-electron chi connectivity index (χ4n) is 1.92. The van der Waals surface area contributed by atoms with Gasteiger partial charge in [0.15, 0.2) is 0 Å². The highest BCUT2D eigenvalue weighted by Gasteiger charge is 2.20. The van der Waals surface area contributed by atoms with Crippen molar-refractivity contribution in [1.82, 2.24) is 25.1 Å². The smallest absolute Gasteiger partial charge is 0.250 e. The fraction of sp³-hybridized carbons (Fsp3) is 0.462. The van der Waals surface area contributed by atoms with E-state index >= 15 is 0 Å². The van der Waals surface area contributed by atoms with Crippen molar-refractivity contribution in [3.8, 4) is 5.95 Å². The summed E-state index contributed by atoms with van der Waals surface area (Å²) < 4.78 is 1.74. The van der Waals surface area contributed by atoms with Gasteiger partial charge in [0.2, 0.25) is 0 Å². The van der Waals surface area contributed by atoms with E-state index in [4.69, 9.17) is 0 Å². The average Bonchev–Trinajstić information content (AvgIpc) is 3.02. The SMILES string of the molecule is Cc1cc(C)nc(-n2cc(CNC3CC3)cn2)n1. The minimum Gasteiger partial charge on any atom is -0.310 e. The molecule has 1 fully saturated rings. The first-order valence-electron chi connectivity index (χ1n) is 6.30. The van der Waals surface area contributed by atoms with Crippen LogP contribution in [0.2, 0.25) is 0 Å². The van der Waals surface area contributed by atoms with Crippen molar-refractivity contribution in [2.45, 2.75) is 39.3 Å². The van der Waals surface area contributed by atoms with Crippen molar-refractivity contribution in [2.75, 3.05) is 0 Å². The summed E-state index contributed by atoms with van der Waals surface area (Å²) in [7, 11) is 0. The predicted molar refractivity (Wildman–Crippen MR) is 68.5 cm³/mol. The molecule has 0 saturated heterocycles. The van der Waals surface area contributed by atoms with Gasteiger partial charge in [-0.2, -0.15) is 5.10 Å². The molecule has 0 amide bonds. The van der Waals surface area contributed by atoms with E-state index in [1.54, 1.807) is 4.68 Å². The molecule has 3 rings (SSSR count). The van der Waals surface area contributed by atoms with Gasteiger partial charge in [0.25, 0.3) is 5.95 Å². The Morgan fingerprint density at radius 2 is 2.00 bits per heavy atom. The first-order valence-corrected chi connectivity index (χ1v) is 6.30. The highest BCUT2D eigenvalue weighted by atomic mass is 15.3. The monoisotopic (exact) mass is 243 g/mol. The molecule has 2 aromatic rings. The first-order chi connectivity index (χ1) is 8.70. The average molecular weight is 243 g/mol. The van der Waals surface area contributed by atoms with Crippen molar-refractivity contribution in [2.24, 2.45) is 0 Å². The summed E-state index contributed by atoms with van der Waals surface area (Å²) in [5.74, 6) is 0.644. The molecule has 0 aromatic carbocycles. The van der Waals surface area contributed by atoms with Crippen LogP contribution in [0.25, 0.3) is 5.95 Å². The van der Waals surface area contributed by atoms with Crippen molar-refractivity contribution >= 4 is 0 Å². The fourth-order valence-corrected chi connectivity index (χ4v) is 1.92. The molecule has 5 nitrogen and oxygen atoms in total. The number of hydrogen-bond donors (Lipinski definition) is 1. The molecule has 2 heterocycles. The van der Waals surface area contributed by atoms with Gasteiger partial charge in [-0.15, -0.1) is 0 Å². The Bertz CT molecular complexity index is 536. The largest absolute Gasteiger partial charge is 0.310 e. The molecule has 0 unspecified atom stereocenters. The minimum absolute atomic E-state index is 0.644. The Morgan fingerprint density at radius 1 is 1.28 bits per heavy atom. The number of rotatable bonds is 4. The molecule has 0 spiro atoms. The molecule has 0 radical (unpaired) electrons. The van der Waals surface area contributed by atoms with Crippen LogP contribution in [0.15, 0.2) is 18.5 Å². The summed E-state index contributed by atoms with van der Waals surface area (Å²) in [6.07, 6.45) is 6.46. The number of hydrogen-bond acceptors (Lipinski definition) is 4. The van der Waals surface area contributed by atoms with Crippen molar-refractivity contribution in [1.29, 1.82) is 0 Å². The van der Waals surface area contributed by atoms with Crippen LogP contribution in [0.5, 0.6) is 0 Å². The van der Waals surface area contributed by atoms with Gasteiger partial charge in [0.05, 0.1) is 6.20 Å². The van der Waals surface area contributed by atoms with Gasteiger partial charge in [-0.05, 0) is 32.8 Å². The van der Waals surface area contributed by atoms with Gasteiger partial charge >= 0.3 is 0 Å². The lowest BCUT2D eigenvalue weighted by Gasteiger charge is -2.02. The van der Waals surface area contributed by atoms with E-state index < -0.39 is 0 Å². The zero-order chi connectivity index (χ0) is 12.5. The Morgan fingerprint density at radius 3 is 2.67 bits per heavy atom. The lowest BCUT2D eigenvalue weighted by atomic mass is 10.3. The summed E-state index contributed by atoms with van der Waals surface area (Å²) in [5.41, 5.74) is 3.10. The molecule has 0 atom stereocenters. The molecular formula is C13H17N5. The summed E-state index contributed by atoms with van der Waals surface area (Å²) in [6.45, 7) is 4.81. The molecule has 2 aromatic heterocycles. The Kier molecular flexibility index (Phi) is 2.83. The van der Waals surface area contributed by atoms with E-state index in [9.17, 15) is 0 Å². The molecule has 18 heavy (non-hydrogen) atoms. The second kappa shape index (κ2) is 4.49. The molecule has 1 saturated carbocycles. The third-order valence-corrected chi connectivity index (χ3v) is 2.98. The highest BCUT2D eigenvalue weighted by Crippen LogP contribution is 2.19. The zero-order valence-corrected chi connectivity index (χ0v) is 10.7. The van der Waals surface area contributed by atoms with Crippen LogP contribution < -0.4 is 5.32 Å². The number of nitrogens with zero attached hydrogens (tertiary/aromatic N) is 4. The van der Waals surface area contributed by atoms with Crippen LogP contribution in [0.4, 0.5) is 0 Å². The molecule has 1 aliphatic rings. The molecule has 0 aliphatic heterocycles. The molecule has 1 aliphatic carbocycles. The maximum absolute atomic E-state index is 4.39. The molecule has 1 N–H and O–H groups in total. The topological polar surface area (TPSA) is 55.6 Å². The highest BCUT2D eigenvalue weighted by molar-refractivity contribution is 5.19. The van der Waals surface area contributed by atoms with Gasteiger partial charge < -0.3 is 5.32 Å². The van der Waals surface area contributed by atoms with Crippen molar-refractivity contribution in [3.05, 3.63) is 35.4 Å². The van der Waals surface area contributed by atoms with E-state index in [-0.39, 0.29) is 0 Å². The maximum Gasteiger partial charge on any atom is 0.250 e. The number of nitrogens with one attached hydrogen (secondary N) is 1. The van der Waals surface area contributed by atoms with Gasteiger partial charge in [-0.3, -0.25) is 0 Å². The maximum atomic E-state index is 4.39. The van der Waals surface area contributed by atoms with Gasteiger partial charge in [0.1, 0.15) is 0 Å². The quantitative estimate of drug-likeness (QED) is 0.884. The second-order valence-electron chi connectivity index (χ2n) is 4.90. The Labute approximate surface area is 106 Å². The Balaban J connectivity index is 1.78. The van der Waals surface area contributed by atoms with Gasteiger partial charge in [-0.25, -0.2) is 14.6 Å². The van der Waals surface area contributed by atoms with Crippen LogP contribution in [-0.2, 0) is 6.54 Å². The van der Waals surface area contributed by atoms with Gasteiger partial charge in [0, 0.05) is 35.7 Å². The van der Waals surface area contributed by atoms with Crippen molar-refractivity contribution < 1.29 is 0 Å². The molecule has 5 heteroatoms. The third-order valence-electron chi connectivity index (χ3n) is 2.98. The van der Waals surface area contributed by atoms with E-state index in [2.05, 4.69) is 20.4 Å². The van der Waals surface area contributed by atoms with E-state index in [1.807, 2.05) is 32.3 Å². The number of aryl methyl sites for hydroxylation is 2. The summed E-state index contributed by atoms with van der Waals surface area (Å²) >= 11 is 0. The lowest BCUT2D eigenvalue weighted by molar-refractivity contribution is 0.687. The summed E-state index contributed by atoms with van der Waals surface area (Å²) in [5, 5.41) is 7.78. The van der Waals surface area contributed by atoms with Crippen LogP contribution >= 0.6 is 0 Å². The van der Waals surface area contributed by atoms with Crippen LogP contribution in [0, 0.1) is 13.8 Å². The predicted octanol–water partition coefficient (Wildman–Crippen LogP) is 1.53. The standard InChI is InChI=1S/C13H17N5/c1-9-5-10(2)17-13(16-9)18-8-11(7-15-18)6-14-12-3-4-12/h5,7-8,12,14H,3-4,6H2,1-2H3. The second-order valence-corrected chi connectivity index (χ2v) is 4.90. The molecule has 0 bridgehead atoms. The molecular weight excluding hydrogens is 226 g/mol. The van der Waals surface area contributed by atoms with Crippen LogP contribution in [0.1, 0.15) is 29.8 Å². The third kappa shape index (κ3) is 2.56. The Hall–Kier alpha value is -1.75. The van der Waals surface area contributed by atoms with E-state index in [0.29, 0.717) is 12.0 Å². The lowest BCUT2D eigenvalue weighted by Crippen LogP contribution is -2.14. The summed E-state index contributed by atoms with van der Waals surface area (Å²) in [6, 6.07) is 2.67. The summed E-state index contributed by atoms with van der Waals surface area (Å²) in [4.78, 5) is 8.79. The zero-order valence-electron chi connectivity index (χ0n) is 10.7. The normalized spacial score (nSPS) is 15.0. The van der Waals surface area contributed by atoms with Crippen LogP contribution in [0.3, 0.4) is 0 Å².